The summed E-state index contributed by atoms with van der Waals surface area (Å²) in [5, 5.41) is 8.87. The summed E-state index contributed by atoms with van der Waals surface area (Å²) in [6.45, 7) is 0. The highest BCUT2D eigenvalue weighted by molar-refractivity contribution is 9.11. The van der Waals surface area contributed by atoms with Crippen molar-refractivity contribution in [2.24, 2.45) is 5.73 Å². The molecule has 2 aromatic rings. The van der Waals surface area contributed by atoms with E-state index in [1.165, 1.54) is 23.5 Å². The summed E-state index contributed by atoms with van der Waals surface area (Å²) in [5.74, 6) is -0.519. The highest BCUT2D eigenvalue weighted by Crippen LogP contribution is 2.40. The molecule has 2 atom stereocenters. The summed E-state index contributed by atoms with van der Waals surface area (Å²) in [6, 6.07) is 8.77. The van der Waals surface area contributed by atoms with Gasteiger partial charge in [0.25, 0.3) is 5.91 Å². The van der Waals surface area contributed by atoms with Crippen molar-refractivity contribution >= 4 is 33.2 Å². The number of hydrogen-bond acceptors (Lipinski definition) is 4. The maximum Gasteiger partial charge on any atom is 0.264 e. The summed E-state index contributed by atoms with van der Waals surface area (Å²) < 4.78 is 14.7. The largest absolute Gasteiger partial charge is 0.332 e. The molecule has 0 saturated carbocycles. The average Bonchev–Trinajstić information content (AvgIpc) is 3.12. The molecule has 1 aromatic heterocycles. The number of halogens is 2. The molecule has 0 aliphatic carbocycles. The number of nitriles is 1. The van der Waals surface area contributed by atoms with Crippen LogP contribution >= 0.6 is 27.3 Å². The zero-order chi connectivity index (χ0) is 18.4. The van der Waals surface area contributed by atoms with Gasteiger partial charge in [0.1, 0.15) is 11.9 Å². The van der Waals surface area contributed by atoms with E-state index in [1.807, 2.05) is 17.0 Å². The number of amides is 1. The maximum atomic E-state index is 14.0. The van der Waals surface area contributed by atoms with Gasteiger partial charge in [-0.15, -0.1) is 11.3 Å². The first-order valence-electron chi connectivity index (χ1n) is 8.55. The topological polar surface area (TPSA) is 70.1 Å². The summed E-state index contributed by atoms with van der Waals surface area (Å²) in [5.41, 5.74) is 7.52. The van der Waals surface area contributed by atoms with E-state index in [9.17, 15) is 9.18 Å². The molecule has 2 N–H and O–H groups in total. The van der Waals surface area contributed by atoms with Gasteiger partial charge in [-0.3, -0.25) is 4.79 Å². The van der Waals surface area contributed by atoms with Gasteiger partial charge in [-0.2, -0.15) is 5.26 Å². The second-order valence-corrected chi connectivity index (χ2v) is 9.30. The minimum absolute atomic E-state index is 0.0117. The molecule has 4 rings (SSSR count). The molecule has 2 unspecified atom stereocenters. The number of nitrogens with two attached hydrogens (primary N) is 1. The Morgan fingerprint density at radius 1 is 1.31 bits per heavy atom. The van der Waals surface area contributed by atoms with E-state index in [1.54, 1.807) is 6.07 Å². The quantitative estimate of drug-likeness (QED) is 0.767. The second kappa shape index (κ2) is 6.76. The Morgan fingerprint density at radius 3 is 2.62 bits per heavy atom. The molecule has 2 saturated heterocycles. The number of rotatable bonds is 2. The summed E-state index contributed by atoms with van der Waals surface area (Å²) in [6.07, 6.45) is 3.76. The number of carbonyl (C=O) groups excluding carboxylic acids is 1. The van der Waals surface area contributed by atoms with Crippen molar-refractivity contribution in [3.8, 4) is 17.2 Å². The van der Waals surface area contributed by atoms with E-state index in [0.717, 1.165) is 35.0 Å². The Hall–Kier alpha value is -1.75. The summed E-state index contributed by atoms with van der Waals surface area (Å²) in [7, 11) is 0. The SMILES string of the molecule is N#Cc1ccc(-c2cc(C(=O)N3C4CCC3CC(N)C4)sc2Br)cc1F. The Balaban J connectivity index is 1.64. The van der Waals surface area contributed by atoms with Crippen molar-refractivity contribution in [1.82, 2.24) is 4.90 Å². The van der Waals surface area contributed by atoms with E-state index in [0.29, 0.717) is 10.4 Å². The summed E-state index contributed by atoms with van der Waals surface area (Å²) in [4.78, 5) is 15.7. The zero-order valence-corrected chi connectivity index (χ0v) is 16.3. The third kappa shape index (κ3) is 2.96. The molecule has 7 heteroatoms. The van der Waals surface area contributed by atoms with Crippen LogP contribution in [0.25, 0.3) is 11.1 Å². The number of carbonyl (C=O) groups is 1. The van der Waals surface area contributed by atoms with Crippen LogP contribution < -0.4 is 5.73 Å². The van der Waals surface area contributed by atoms with Crippen LogP contribution in [-0.2, 0) is 0 Å². The second-order valence-electron chi connectivity index (χ2n) is 6.93. The molecule has 4 nitrogen and oxygen atoms in total. The van der Waals surface area contributed by atoms with Gasteiger partial charge >= 0.3 is 0 Å². The van der Waals surface area contributed by atoms with Crippen LogP contribution in [0.3, 0.4) is 0 Å². The molecule has 0 spiro atoms. The molecule has 2 bridgehead atoms. The van der Waals surface area contributed by atoms with E-state index in [2.05, 4.69) is 15.9 Å². The van der Waals surface area contributed by atoms with Gasteiger partial charge in [0, 0.05) is 23.7 Å². The lowest BCUT2D eigenvalue weighted by molar-refractivity contribution is 0.0580. The van der Waals surface area contributed by atoms with E-state index < -0.39 is 5.82 Å². The minimum atomic E-state index is -0.556. The molecule has 3 heterocycles. The van der Waals surface area contributed by atoms with Gasteiger partial charge in [0.2, 0.25) is 0 Å². The lowest BCUT2D eigenvalue weighted by Crippen LogP contribution is -2.49. The van der Waals surface area contributed by atoms with Crippen LogP contribution in [0.4, 0.5) is 4.39 Å². The van der Waals surface area contributed by atoms with Crippen LogP contribution in [0.1, 0.15) is 40.9 Å². The molecule has 2 aliphatic rings. The van der Waals surface area contributed by atoms with Gasteiger partial charge < -0.3 is 10.6 Å². The molecule has 1 aromatic carbocycles. The van der Waals surface area contributed by atoms with Crippen LogP contribution in [-0.4, -0.2) is 28.9 Å². The molecular weight excluding hydrogens is 417 g/mol. The van der Waals surface area contributed by atoms with Gasteiger partial charge in [-0.1, -0.05) is 6.07 Å². The van der Waals surface area contributed by atoms with Gasteiger partial charge in [0.15, 0.2) is 0 Å². The first-order chi connectivity index (χ1) is 12.5. The van der Waals surface area contributed by atoms with Crippen LogP contribution in [0, 0.1) is 17.1 Å². The molecular formula is C19H17BrFN3OS. The number of nitrogens with zero attached hydrogens (tertiary/aromatic N) is 2. The van der Waals surface area contributed by atoms with Crippen LogP contribution in [0.2, 0.25) is 0 Å². The highest BCUT2D eigenvalue weighted by Gasteiger charge is 2.42. The van der Waals surface area contributed by atoms with Crippen molar-refractivity contribution in [1.29, 1.82) is 5.26 Å². The standard InChI is InChI=1S/C19H17BrFN3OS/c20-18-15(10-1-2-11(9-22)16(21)5-10)8-17(26-18)19(25)24-13-3-4-14(24)7-12(23)6-13/h1-2,5,8,12-14H,3-4,6-7,23H2. The fourth-order valence-corrected chi connectivity index (χ4v) is 5.84. The van der Waals surface area contributed by atoms with Gasteiger partial charge in [0.05, 0.1) is 14.2 Å². The monoisotopic (exact) mass is 433 g/mol. The molecule has 2 fully saturated rings. The van der Waals surface area contributed by atoms with Crippen molar-refractivity contribution < 1.29 is 9.18 Å². The predicted octanol–water partition coefficient (Wildman–Crippen LogP) is 4.28. The Labute approximate surface area is 163 Å². The van der Waals surface area contributed by atoms with Crippen molar-refractivity contribution in [2.75, 3.05) is 0 Å². The molecule has 1 amide bonds. The van der Waals surface area contributed by atoms with Gasteiger partial charge in [-0.05, 0) is 65.4 Å². The van der Waals surface area contributed by atoms with E-state index in [4.69, 9.17) is 11.0 Å². The van der Waals surface area contributed by atoms with Crippen LogP contribution in [0.5, 0.6) is 0 Å². The summed E-state index contributed by atoms with van der Waals surface area (Å²) >= 11 is 4.87. The highest BCUT2D eigenvalue weighted by atomic mass is 79.9. The Kier molecular flexibility index (Phi) is 4.59. The number of piperidine rings is 1. The average molecular weight is 434 g/mol. The van der Waals surface area contributed by atoms with E-state index in [-0.39, 0.29) is 29.6 Å². The number of hydrogen-bond donors (Lipinski definition) is 1. The fourth-order valence-electron chi connectivity index (χ4n) is 4.12. The third-order valence-electron chi connectivity index (χ3n) is 5.30. The van der Waals surface area contributed by atoms with Crippen molar-refractivity contribution in [2.45, 2.75) is 43.8 Å². The molecule has 2 aliphatic heterocycles. The normalized spacial score (nSPS) is 24.5. The number of thiophene rings is 1. The zero-order valence-electron chi connectivity index (χ0n) is 13.9. The van der Waals surface area contributed by atoms with E-state index >= 15 is 0 Å². The predicted molar refractivity (Wildman–Crippen MR) is 102 cm³/mol. The third-order valence-corrected chi connectivity index (χ3v) is 7.13. The first kappa shape index (κ1) is 17.7. The Morgan fingerprint density at radius 2 is 2.00 bits per heavy atom. The number of benzene rings is 1. The molecule has 26 heavy (non-hydrogen) atoms. The van der Waals surface area contributed by atoms with Crippen molar-refractivity contribution in [3.05, 3.63) is 44.3 Å². The molecule has 134 valence electrons. The minimum Gasteiger partial charge on any atom is -0.332 e. The van der Waals surface area contributed by atoms with Crippen molar-refractivity contribution in [3.63, 3.8) is 0 Å². The lowest BCUT2D eigenvalue weighted by atomic mass is 9.98. The Bertz CT molecular complexity index is 908. The lowest BCUT2D eigenvalue weighted by Gasteiger charge is -2.37. The number of fused-ring (bicyclic) bond motifs is 2. The first-order valence-corrected chi connectivity index (χ1v) is 10.2. The fraction of sp³-hybridized carbons (Fsp3) is 0.368. The van der Waals surface area contributed by atoms with Gasteiger partial charge in [-0.25, -0.2) is 4.39 Å². The smallest absolute Gasteiger partial charge is 0.264 e. The maximum absolute atomic E-state index is 14.0. The molecule has 0 radical (unpaired) electrons. The van der Waals surface area contributed by atoms with Crippen LogP contribution in [0.15, 0.2) is 28.1 Å².